The van der Waals surface area contributed by atoms with Crippen molar-refractivity contribution in [2.24, 2.45) is 0 Å². The van der Waals surface area contributed by atoms with Gasteiger partial charge in [0.25, 0.3) is 11.8 Å². The Morgan fingerprint density at radius 1 is 1.03 bits per heavy atom. The van der Waals surface area contributed by atoms with Crippen molar-refractivity contribution in [3.05, 3.63) is 59.7 Å². The number of para-hydroxylation sites is 2. The monoisotopic (exact) mass is 411 g/mol. The number of nitrogens with one attached hydrogen (secondary N) is 2. The highest BCUT2D eigenvalue weighted by atomic mass is 32.1. The highest BCUT2D eigenvalue weighted by molar-refractivity contribution is 7.80. The largest absolute Gasteiger partial charge is 0.493 e. The lowest BCUT2D eigenvalue weighted by Gasteiger charge is -2.19. The molecule has 0 unspecified atom stereocenters. The molecule has 0 saturated carbocycles. The standard InChI is InChI=1S/C22H25N3O3S/c1-2-15-28-19-12-6-4-10-17(19)20(26)24-22(29)23-18-11-5-3-9-16(18)21(27)25-13-7-8-14-25/h3-6,9-12H,2,7-8,13-15H2,1H3,(H2,23,24,26,29). The summed E-state index contributed by atoms with van der Waals surface area (Å²) >= 11 is 5.32. The minimum Gasteiger partial charge on any atom is -0.493 e. The summed E-state index contributed by atoms with van der Waals surface area (Å²) in [5.41, 5.74) is 1.52. The molecular formula is C22H25N3O3S. The third kappa shape index (κ3) is 5.32. The van der Waals surface area contributed by atoms with Crippen molar-refractivity contribution >= 4 is 34.8 Å². The number of anilines is 1. The number of likely N-dealkylation sites (tertiary alicyclic amines) is 1. The van der Waals surface area contributed by atoms with Crippen LogP contribution in [0.1, 0.15) is 46.9 Å². The maximum absolute atomic E-state index is 12.8. The van der Waals surface area contributed by atoms with Crippen LogP contribution in [0.5, 0.6) is 5.75 Å². The molecule has 0 spiro atoms. The predicted molar refractivity (Wildman–Crippen MR) is 117 cm³/mol. The van der Waals surface area contributed by atoms with Gasteiger partial charge in [-0.05, 0) is 55.7 Å². The number of ether oxygens (including phenoxy) is 1. The summed E-state index contributed by atoms with van der Waals surface area (Å²) in [5.74, 6) is 0.120. The SMILES string of the molecule is CCCOc1ccccc1C(=O)NC(=S)Nc1ccccc1C(=O)N1CCCC1. The van der Waals surface area contributed by atoms with Gasteiger partial charge in [0.15, 0.2) is 5.11 Å². The van der Waals surface area contributed by atoms with E-state index in [1.807, 2.05) is 30.0 Å². The van der Waals surface area contributed by atoms with Crippen LogP contribution in [0.25, 0.3) is 0 Å². The van der Waals surface area contributed by atoms with E-state index in [-0.39, 0.29) is 16.9 Å². The van der Waals surface area contributed by atoms with Crippen LogP contribution in [0, 0.1) is 0 Å². The molecule has 1 fully saturated rings. The first-order valence-electron chi connectivity index (χ1n) is 9.82. The smallest absolute Gasteiger partial charge is 0.261 e. The molecule has 0 radical (unpaired) electrons. The van der Waals surface area contributed by atoms with E-state index >= 15 is 0 Å². The third-order valence-electron chi connectivity index (χ3n) is 4.62. The van der Waals surface area contributed by atoms with Gasteiger partial charge in [-0.15, -0.1) is 0 Å². The molecule has 1 aliphatic rings. The lowest BCUT2D eigenvalue weighted by atomic mass is 10.1. The number of hydrogen-bond acceptors (Lipinski definition) is 4. The van der Waals surface area contributed by atoms with Crippen LogP contribution in [-0.4, -0.2) is 41.5 Å². The minimum atomic E-state index is -0.363. The van der Waals surface area contributed by atoms with Gasteiger partial charge in [0.2, 0.25) is 0 Å². The molecule has 2 aromatic carbocycles. The Morgan fingerprint density at radius 2 is 1.69 bits per heavy atom. The van der Waals surface area contributed by atoms with Gasteiger partial charge in [-0.1, -0.05) is 31.2 Å². The van der Waals surface area contributed by atoms with E-state index in [4.69, 9.17) is 17.0 Å². The molecule has 0 atom stereocenters. The molecule has 7 heteroatoms. The van der Waals surface area contributed by atoms with Crippen LogP contribution in [-0.2, 0) is 0 Å². The Morgan fingerprint density at radius 3 is 2.41 bits per heavy atom. The maximum atomic E-state index is 12.8. The van der Waals surface area contributed by atoms with E-state index in [1.165, 1.54) is 0 Å². The number of carbonyl (C=O) groups excluding carboxylic acids is 2. The fourth-order valence-electron chi connectivity index (χ4n) is 3.19. The van der Waals surface area contributed by atoms with Gasteiger partial charge < -0.3 is 15.0 Å². The Labute approximate surface area is 176 Å². The van der Waals surface area contributed by atoms with Crippen LogP contribution < -0.4 is 15.4 Å². The summed E-state index contributed by atoms with van der Waals surface area (Å²) in [6, 6.07) is 14.2. The molecule has 2 N–H and O–H groups in total. The molecule has 152 valence electrons. The first kappa shape index (κ1) is 20.8. The van der Waals surface area contributed by atoms with Crippen molar-refractivity contribution in [2.45, 2.75) is 26.2 Å². The Balaban J connectivity index is 1.69. The summed E-state index contributed by atoms with van der Waals surface area (Å²) in [6.07, 6.45) is 2.89. The van der Waals surface area contributed by atoms with Crippen LogP contribution in [0.4, 0.5) is 5.69 Å². The molecule has 2 amide bonds. The number of amides is 2. The Bertz CT molecular complexity index is 894. The van der Waals surface area contributed by atoms with Crippen LogP contribution in [0.2, 0.25) is 0 Å². The van der Waals surface area contributed by atoms with E-state index in [0.717, 1.165) is 32.4 Å². The number of hydrogen-bond donors (Lipinski definition) is 2. The first-order valence-corrected chi connectivity index (χ1v) is 10.2. The van der Waals surface area contributed by atoms with Crippen molar-refractivity contribution in [1.82, 2.24) is 10.2 Å². The highest BCUT2D eigenvalue weighted by Crippen LogP contribution is 2.21. The van der Waals surface area contributed by atoms with Crippen LogP contribution in [0.3, 0.4) is 0 Å². The number of carbonyl (C=O) groups is 2. The molecular weight excluding hydrogens is 386 g/mol. The zero-order valence-electron chi connectivity index (χ0n) is 16.4. The molecule has 1 heterocycles. The van der Waals surface area contributed by atoms with Crippen molar-refractivity contribution in [1.29, 1.82) is 0 Å². The number of benzene rings is 2. The van der Waals surface area contributed by atoms with Gasteiger partial charge in [0, 0.05) is 13.1 Å². The lowest BCUT2D eigenvalue weighted by Crippen LogP contribution is -2.35. The average Bonchev–Trinajstić information content (AvgIpc) is 3.27. The van der Waals surface area contributed by atoms with Crippen molar-refractivity contribution in [3.8, 4) is 5.75 Å². The Kier molecular flexibility index (Phi) is 7.19. The molecule has 1 saturated heterocycles. The van der Waals surface area contributed by atoms with Gasteiger partial charge >= 0.3 is 0 Å². The highest BCUT2D eigenvalue weighted by Gasteiger charge is 2.22. The second-order valence-corrected chi connectivity index (χ2v) is 7.21. The average molecular weight is 412 g/mol. The van der Waals surface area contributed by atoms with Crippen molar-refractivity contribution in [3.63, 3.8) is 0 Å². The molecule has 0 bridgehead atoms. The predicted octanol–water partition coefficient (Wildman–Crippen LogP) is 3.84. The van der Waals surface area contributed by atoms with E-state index in [0.29, 0.717) is 29.2 Å². The third-order valence-corrected chi connectivity index (χ3v) is 4.82. The van der Waals surface area contributed by atoms with Gasteiger partial charge in [-0.2, -0.15) is 0 Å². The van der Waals surface area contributed by atoms with Gasteiger partial charge in [0.1, 0.15) is 5.75 Å². The minimum absolute atomic E-state index is 0.0296. The van der Waals surface area contributed by atoms with E-state index in [9.17, 15) is 9.59 Å². The molecule has 6 nitrogen and oxygen atoms in total. The summed E-state index contributed by atoms with van der Waals surface area (Å²) in [4.78, 5) is 27.3. The summed E-state index contributed by atoms with van der Waals surface area (Å²) in [6.45, 7) is 4.06. The van der Waals surface area contributed by atoms with Gasteiger partial charge in [-0.25, -0.2) is 0 Å². The van der Waals surface area contributed by atoms with Crippen LogP contribution in [0.15, 0.2) is 48.5 Å². The fraction of sp³-hybridized carbons (Fsp3) is 0.318. The maximum Gasteiger partial charge on any atom is 0.261 e. The molecule has 3 rings (SSSR count). The molecule has 2 aromatic rings. The lowest BCUT2D eigenvalue weighted by molar-refractivity contribution is 0.0793. The zero-order chi connectivity index (χ0) is 20.6. The quantitative estimate of drug-likeness (QED) is 0.707. The number of rotatable bonds is 6. The number of thiocarbonyl (C=S) groups is 1. The van der Waals surface area contributed by atoms with Crippen molar-refractivity contribution in [2.75, 3.05) is 25.0 Å². The van der Waals surface area contributed by atoms with Crippen LogP contribution >= 0.6 is 12.2 Å². The molecule has 0 aromatic heterocycles. The second kappa shape index (κ2) is 10.0. The summed E-state index contributed by atoms with van der Waals surface area (Å²) in [7, 11) is 0. The van der Waals surface area contributed by atoms with E-state index in [1.54, 1.807) is 30.3 Å². The Hall–Kier alpha value is -2.93. The van der Waals surface area contributed by atoms with Crippen molar-refractivity contribution < 1.29 is 14.3 Å². The zero-order valence-corrected chi connectivity index (χ0v) is 17.3. The topological polar surface area (TPSA) is 70.7 Å². The van der Waals surface area contributed by atoms with E-state index < -0.39 is 0 Å². The normalized spacial score (nSPS) is 13.1. The molecule has 29 heavy (non-hydrogen) atoms. The van der Waals surface area contributed by atoms with E-state index in [2.05, 4.69) is 10.6 Å². The first-order chi connectivity index (χ1) is 14.1. The summed E-state index contributed by atoms with van der Waals surface area (Å²) < 4.78 is 5.64. The van der Waals surface area contributed by atoms with Gasteiger partial charge in [0.05, 0.1) is 23.4 Å². The fourth-order valence-corrected chi connectivity index (χ4v) is 3.39. The molecule has 1 aliphatic heterocycles. The second-order valence-electron chi connectivity index (χ2n) is 6.80. The molecule has 0 aliphatic carbocycles. The number of nitrogens with zero attached hydrogens (tertiary/aromatic N) is 1. The van der Waals surface area contributed by atoms with Gasteiger partial charge in [-0.3, -0.25) is 14.9 Å². The summed E-state index contributed by atoms with van der Waals surface area (Å²) in [5, 5.41) is 5.79.